The van der Waals surface area contributed by atoms with E-state index < -0.39 is 0 Å². The summed E-state index contributed by atoms with van der Waals surface area (Å²) in [5.74, 6) is 0.870. The SMILES string of the molecule is Cc1[nH+]c(NCC[NH3+])c(C#N)c2c1CCCC2. The number of nitrogens with zero attached hydrogens (tertiary/aromatic N) is 1. The summed E-state index contributed by atoms with van der Waals surface area (Å²) in [6, 6.07) is 2.35. The number of H-pyrrole nitrogens is 1. The molecule has 2 rings (SSSR count). The molecule has 4 nitrogen and oxygen atoms in total. The van der Waals surface area contributed by atoms with Crippen LogP contribution in [0.2, 0.25) is 0 Å². The molecule has 0 saturated heterocycles. The summed E-state index contributed by atoms with van der Waals surface area (Å²) in [6.07, 6.45) is 4.56. The third-order valence-corrected chi connectivity index (χ3v) is 3.38. The lowest BCUT2D eigenvalue weighted by molar-refractivity contribution is -0.376. The van der Waals surface area contributed by atoms with Gasteiger partial charge in [-0.25, -0.2) is 4.98 Å². The number of anilines is 1. The number of hydrogen-bond donors (Lipinski definition) is 2. The highest BCUT2D eigenvalue weighted by Gasteiger charge is 2.23. The number of rotatable bonds is 3. The molecule has 0 unspecified atom stereocenters. The minimum atomic E-state index is 0.795. The van der Waals surface area contributed by atoms with Crippen LogP contribution in [0.4, 0.5) is 5.82 Å². The molecular weight excluding hydrogens is 212 g/mol. The molecule has 5 N–H and O–H groups in total. The van der Waals surface area contributed by atoms with Crippen molar-refractivity contribution in [3.63, 3.8) is 0 Å². The number of pyridine rings is 1. The molecule has 1 aromatic rings. The first-order valence-corrected chi connectivity index (χ1v) is 6.28. The fraction of sp³-hybridized carbons (Fsp3) is 0.538. The molecule has 1 heterocycles. The van der Waals surface area contributed by atoms with E-state index in [-0.39, 0.29) is 0 Å². The maximum atomic E-state index is 9.34. The summed E-state index contributed by atoms with van der Waals surface area (Å²) in [5, 5.41) is 12.6. The zero-order chi connectivity index (χ0) is 12.3. The van der Waals surface area contributed by atoms with Crippen molar-refractivity contribution in [2.75, 3.05) is 18.4 Å². The lowest BCUT2D eigenvalue weighted by atomic mass is 9.88. The van der Waals surface area contributed by atoms with Gasteiger partial charge >= 0.3 is 0 Å². The molecule has 0 aromatic carbocycles. The number of quaternary nitrogens is 1. The maximum Gasteiger partial charge on any atom is 0.291 e. The number of nitriles is 1. The molecule has 0 amide bonds. The van der Waals surface area contributed by atoms with Crippen molar-refractivity contribution in [3.05, 3.63) is 22.4 Å². The lowest BCUT2D eigenvalue weighted by Gasteiger charge is -2.18. The molecular formula is C13H20N4+2. The van der Waals surface area contributed by atoms with Crippen LogP contribution in [0.5, 0.6) is 0 Å². The van der Waals surface area contributed by atoms with E-state index in [0.717, 1.165) is 37.3 Å². The van der Waals surface area contributed by atoms with Crippen molar-refractivity contribution in [1.29, 1.82) is 5.26 Å². The van der Waals surface area contributed by atoms with Gasteiger partial charge in [-0.3, -0.25) is 5.32 Å². The Morgan fingerprint density at radius 1 is 1.35 bits per heavy atom. The Hall–Kier alpha value is -1.60. The van der Waals surface area contributed by atoms with E-state index in [9.17, 15) is 5.26 Å². The van der Waals surface area contributed by atoms with Gasteiger partial charge in [-0.2, -0.15) is 5.26 Å². The van der Waals surface area contributed by atoms with Crippen LogP contribution in [-0.2, 0) is 12.8 Å². The molecule has 0 fully saturated rings. The first-order valence-electron chi connectivity index (χ1n) is 6.28. The lowest BCUT2D eigenvalue weighted by Crippen LogP contribution is -2.53. The van der Waals surface area contributed by atoms with Crippen LogP contribution in [0.1, 0.15) is 35.2 Å². The molecule has 0 aliphatic heterocycles. The van der Waals surface area contributed by atoms with E-state index in [1.807, 2.05) is 0 Å². The zero-order valence-electron chi connectivity index (χ0n) is 10.4. The summed E-state index contributed by atoms with van der Waals surface area (Å²) in [4.78, 5) is 3.33. The highest BCUT2D eigenvalue weighted by Crippen LogP contribution is 2.27. The predicted octanol–water partition coefficient (Wildman–Crippen LogP) is 0.213. The quantitative estimate of drug-likeness (QED) is 0.781. The number of aryl methyl sites for hydroxylation is 1. The van der Waals surface area contributed by atoms with E-state index in [1.54, 1.807) is 0 Å². The van der Waals surface area contributed by atoms with Crippen LogP contribution < -0.4 is 16.0 Å². The Bertz CT molecular complexity index is 459. The van der Waals surface area contributed by atoms with Crippen molar-refractivity contribution >= 4 is 5.82 Å². The average molecular weight is 232 g/mol. The van der Waals surface area contributed by atoms with Gasteiger partial charge in [-0.05, 0) is 43.7 Å². The van der Waals surface area contributed by atoms with Crippen molar-refractivity contribution < 1.29 is 10.7 Å². The summed E-state index contributed by atoms with van der Waals surface area (Å²) < 4.78 is 0. The number of aromatic nitrogens is 1. The summed E-state index contributed by atoms with van der Waals surface area (Å²) in [5.41, 5.74) is 8.42. The largest absolute Gasteiger partial charge is 0.354 e. The van der Waals surface area contributed by atoms with Crippen LogP contribution in [0.25, 0.3) is 0 Å². The molecule has 1 aliphatic rings. The molecule has 0 atom stereocenters. The number of aromatic amines is 1. The molecule has 0 saturated carbocycles. The van der Waals surface area contributed by atoms with Gasteiger partial charge in [0.25, 0.3) is 5.82 Å². The molecule has 1 aromatic heterocycles. The Morgan fingerprint density at radius 3 is 2.71 bits per heavy atom. The number of fused-ring (bicyclic) bond motifs is 1. The van der Waals surface area contributed by atoms with E-state index in [0.29, 0.717) is 0 Å². The first kappa shape index (κ1) is 11.9. The monoisotopic (exact) mass is 232 g/mol. The second-order valence-corrected chi connectivity index (χ2v) is 4.56. The Kier molecular flexibility index (Phi) is 3.60. The molecule has 1 aliphatic carbocycles. The summed E-state index contributed by atoms with van der Waals surface area (Å²) in [6.45, 7) is 3.71. The third-order valence-electron chi connectivity index (χ3n) is 3.38. The minimum Gasteiger partial charge on any atom is -0.354 e. The smallest absolute Gasteiger partial charge is 0.291 e. The van der Waals surface area contributed by atoms with Crippen LogP contribution in [0.3, 0.4) is 0 Å². The normalized spacial score (nSPS) is 13.9. The van der Waals surface area contributed by atoms with E-state index in [2.05, 4.69) is 29.0 Å². The van der Waals surface area contributed by atoms with Gasteiger partial charge < -0.3 is 5.73 Å². The molecule has 17 heavy (non-hydrogen) atoms. The third kappa shape index (κ3) is 2.25. The van der Waals surface area contributed by atoms with Crippen LogP contribution >= 0.6 is 0 Å². The van der Waals surface area contributed by atoms with Gasteiger partial charge in [0.15, 0.2) is 0 Å². The van der Waals surface area contributed by atoms with Gasteiger partial charge in [-0.15, -0.1) is 0 Å². The minimum absolute atomic E-state index is 0.795. The Morgan fingerprint density at radius 2 is 2.06 bits per heavy atom. The second-order valence-electron chi connectivity index (χ2n) is 4.56. The highest BCUT2D eigenvalue weighted by atomic mass is 15.0. The van der Waals surface area contributed by atoms with E-state index in [4.69, 9.17) is 0 Å². The van der Waals surface area contributed by atoms with Gasteiger partial charge in [0.1, 0.15) is 30.4 Å². The molecule has 0 bridgehead atoms. The summed E-state index contributed by atoms with van der Waals surface area (Å²) >= 11 is 0. The Labute approximate surface area is 102 Å². The number of hydrogen-bond acceptors (Lipinski definition) is 2. The van der Waals surface area contributed by atoms with Gasteiger partial charge in [0.2, 0.25) is 0 Å². The fourth-order valence-electron chi connectivity index (χ4n) is 2.54. The van der Waals surface area contributed by atoms with Gasteiger partial charge in [0, 0.05) is 0 Å². The van der Waals surface area contributed by atoms with E-state index in [1.165, 1.54) is 29.7 Å². The van der Waals surface area contributed by atoms with Crippen molar-refractivity contribution in [2.24, 2.45) is 0 Å². The van der Waals surface area contributed by atoms with Gasteiger partial charge in [0.05, 0.1) is 0 Å². The molecule has 0 spiro atoms. The molecule has 4 heteroatoms. The van der Waals surface area contributed by atoms with Gasteiger partial charge in [-0.1, -0.05) is 0 Å². The molecule has 0 radical (unpaired) electrons. The topological polar surface area (TPSA) is 77.6 Å². The highest BCUT2D eigenvalue weighted by molar-refractivity contribution is 5.56. The maximum absolute atomic E-state index is 9.34. The summed E-state index contributed by atoms with van der Waals surface area (Å²) in [7, 11) is 0. The first-order chi connectivity index (χ1) is 8.27. The zero-order valence-corrected chi connectivity index (χ0v) is 10.4. The van der Waals surface area contributed by atoms with Crippen LogP contribution in [0.15, 0.2) is 0 Å². The van der Waals surface area contributed by atoms with Crippen molar-refractivity contribution in [1.82, 2.24) is 0 Å². The fourth-order valence-corrected chi connectivity index (χ4v) is 2.54. The Balaban J connectivity index is 2.47. The average Bonchev–Trinajstić information content (AvgIpc) is 2.36. The van der Waals surface area contributed by atoms with Crippen molar-refractivity contribution in [2.45, 2.75) is 32.6 Å². The second kappa shape index (κ2) is 5.15. The molecule has 90 valence electrons. The standard InChI is InChI=1S/C13H18N4/c1-9-10-4-2-3-5-11(10)12(8-15)13(17-9)16-7-6-14/h2-7,14H2,1H3,(H,16,17)/p+2. The predicted molar refractivity (Wildman–Crippen MR) is 65.3 cm³/mol. The number of nitrogens with one attached hydrogen (secondary N) is 2. The van der Waals surface area contributed by atoms with E-state index >= 15 is 0 Å². The van der Waals surface area contributed by atoms with Crippen molar-refractivity contribution in [3.8, 4) is 6.07 Å². The van der Waals surface area contributed by atoms with Crippen LogP contribution in [0, 0.1) is 18.3 Å². The van der Waals surface area contributed by atoms with Crippen LogP contribution in [-0.4, -0.2) is 13.1 Å².